The number of amides is 2. The molecule has 2 aromatic rings. The number of ether oxygens (including phenoxy) is 1. The van der Waals surface area contributed by atoms with E-state index >= 15 is 0 Å². The number of nitrogens with zero attached hydrogens (tertiary/aromatic N) is 2. The van der Waals surface area contributed by atoms with E-state index in [9.17, 15) is 9.59 Å². The second kappa shape index (κ2) is 9.26. The third-order valence-corrected chi connectivity index (χ3v) is 4.94. The minimum atomic E-state index is -0.186. The van der Waals surface area contributed by atoms with E-state index in [0.29, 0.717) is 5.75 Å². The van der Waals surface area contributed by atoms with E-state index in [2.05, 4.69) is 17.1 Å². The van der Waals surface area contributed by atoms with Gasteiger partial charge in [-0.15, -0.1) is 0 Å². The highest BCUT2D eigenvalue weighted by molar-refractivity contribution is 5.91. The van der Waals surface area contributed by atoms with Gasteiger partial charge in [0.1, 0.15) is 5.75 Å². The Bertz CT molecular complexity index is 795. The summed E-state index contributed by atoms with van der Waals surface area (Å²) in [5.74, 6) is 0.597. The molecule has 148 valence electrons. The third-order valence-electron chi connectivity index (χ3n) is 4.94. The first-order valence-corrected chi connectivity index (χ1v) is 9.67. The summed E-state index contributed by atoms with van der Waals surface area (Å²) in [6.07, 6.45) is 0.972. The molecule has 0 saturated carbocycles. The molecule has 0 spiro atoms. The number of nitrogens with one attached hydrogen (secondary N) is 1. The lowest BCUT2D eigenvalue weighted by atomic mass is 10.1. The maximum atomic E-state index is 12.1. The van der Waals surface area contributed by atoms with Crippen LogP contribution in [-0.2, 0) is 16.0 Å². The molecule has 28 heavy (non-hydrogen) atoms. The molecular formula is C22H27N3O3. The Morgan fingerprint density at radius 3 is 2.18 bits per heavy atom. The fourth-order valence-electron chi connectivity index (χ4n) is 3.20. The number of anilines is 2. The minimum Gasteiger partial charge on any atom is -0.484 e. The van der Waals surface area contributed by atoms with E-state index in [1.807, 2.05) is 53.4 Å². The smallest absolute Gasteiger partial charge is 0.262 e. The highest BCUT2D eigenvalue weighted by atomic mass is 16.5. The number of hydrogen-bond donors (Lipinski definition) is 1. The highest BCUT2D eigenvalue weighted by Crippen LogP contribution is 2.21. The van der Waals surface area contributed by atoms with Gasteiger partial charge < -0.3 is 19.9 Å². The molecule has 3 rings (SSSR count). The Morgan fingerprint density at radius 1 is 0.964 bits per heavy atom. The molecule has 1 aliphatic rings. The summed E-state index contributed by atoms with van der Waals surface area (Å²) in [7, 11) is 0. The predicted molar refractivity (Wildman–Crippen MR) is 111 cm³/mol. The van der Waals surface area contributed by atoms with Crippen molar-refractivity contribution in [2.75, 3.05) is 43.0 Å². The van der Waals surface area contributed by atoms with Gasteiger partial charge in [-0.1, -0.05) is 19.1 Å². The van der Waals surface area contributed by atoms with Crippen LogP contribution in [0.2, 0.25) is 0 Å². The molecule has 2 aromatic carbocycles. The molecular weight excluding hydrogens is 354 g/mol. The van der Waals surface area contributed by atoms with Gasteiger partial charge in [0.25, 0.3) is 5.91 Å². The summed E-state index contributed by atoms with van der Waals surface area (Å²) in [6, 6.07) is 15.5. The Balaban J connectivity index is 1.46. The van der Waals surface area contributed by atoms with Gasteiger partial charge in [0.2, 0.25) is 5.91 Å². The summed E-state index contributed by atoms with van der Waals surface area (Å²) in [4.78, 5) is 27.6. The van der Waals surface area contributed by atoms with Crippen LogP contribution in [0.4, 0.5) is 11.4 Å². The van der Waals surface area contributed by atoms with Crippen molar-refractivity contribution >= 4 is 23.2 Å². The van der Waals surface area contributed by atoms with Crippen molar-refractivity contribution in [2.24, 2.45) is 0 Å². The fraction of sp³-hybridized carbons (Fsp3) is 0.364. The molecule has 6 nitrogen and oxygen atoms in total. The molecule has 0 radical (unpaired) electrons. The number of carbonyl (C=O) groups is 2. The van der Waals surface area contributed by atoms with Crippen LogP contribution in [0.25, 0.3) is 0 Å². The fourth-order valence-corrected chi connectivity index (χ4v) is 3.20. The molecule has 1 fully saturated rings. The summed E-state index contributed by atoms with van der Waals surface area (Å²) in [6.45, 7) is 6.79. The van der Waals surface area contributed by atoms with Crippen LogP contribution in [0.15, 0.2) is 48.5 Å². The zero-order chi connectivity index (χ0) is 19.9. The van der Waals surface area contributed by atoms with Gasteiger partial charge >= 0.3 is 0 Å². The van der Waals surface area contributed by atoms with Crippen molar-refractivity contribution < 1.29 is 14.3 Å². The molecule has 0 aromatic heterocycles. The zero-order valence-corrected chi connectivity index (χ0v) is 16.5. The van der Waals surface area contributed by atoms with Crippen LogP contribution in [-0.4, -0.2) is 49.5 Å². The normalized spacial score (nSPS) is 13.9. The number of benzene rings is 2. The largest absolute Gasteiger partial charge is 0.484 e. The molecule has 0 bridgehead atoms. The number of piperazine rings is 1. The van der Waals surface area contributed by atoms with Crippen LogP contribution in [0.5, 0.6) is 5.75 Å². The van der Waals surface area contributed by atoms with Gasteiger partial charge in [-0.3, -0.25) is 9.59 Å². The minimum absolute atomic E-state index is 0.0356. The lowest BCUT2D eigenvalue weighted by Crippen LogP contribution is -2.48. The molecule has 0 aliphatic carbocycles. The molecule has 0 unspecified atom stereocenters. The van der Waals surface area contributed by atoms with E-state index in [1.54, 1.807) is 6.92 Å². The summed E-state index contributed by atoms with van der Waals surface area (Å²) < 4.78 is 5.59. The number of carbonyl (C=O) groups excluding carboxylic acids is 2. The van der Waals surface area contributed by atoms with Gasteiger partial charge in [0.05, 0.1) is 0 Å². The molecule has 1 N–H and O–H groups in total. The summed E-state index contributed by atoms with van der Waals surface area (Å²) in [5, 5.41) is 2.84. The van der Waals surface area contributed by atoms with Gasteiger partial charge in [-0.2, -0.15) is 0 Å². The number of hydrogen-bond acceptors (Lipinski definition) is 4. The standard InChI is InChI=1S/C22H27N3O3/c1-3-18-4-6-19(7-5-18)23-22(27)16-28-21-10-8-20(9-11-21)25-14-12-24(13-15-25)17(2)26/h4-11H,3,12-16H2,1-2H3,(H,23,27). The van der Waals surface area contributed by atoms with Gasteiger partial charge in [-0.05, 0) is 48.4 Å². The number of aryl methyl sites for hydroxylation is 1. The first kappa shape index (κ1) is 19.7. The van der Waals surface area contributed by atoms with Crippen molar-refractivity contribution in [1.82, 2.24) is 4.90 Å². The Hall–Kier alpha value is -3.02. The second-order valence-corrected chi connectivity index (χ2v) is 6.87. The molecule has 1 saturated heterocycles. The molecule has 1 aliphatic heterocycles. The summed E-state index contributed by atoms with van der Waals surface area (Å²) in [5.41, 5.74) is 3.10. The van der Waals surface area contributed by atoms with Crippen molar-refractivity contribution in [3.63, 3.8) is 0 Å². The predicted octanol–water partition coefficient (Wildman–Crippen LogP) is 2.94. The molecule has 0 atom stereocenters. The average molecular weight is 381 g/mol. The van der Waals surface area contributed by atoms with Crippen LogP contribution in [0, 0.1) is 0 Å². The van der Waals surface area contributed by atoms with Crippen molar-refractivity contribution in [3.05, 3.63) is 54.1 Å². The van der Waals surface area contributed by atoms with Crippen molar-refractivity contribution in [2.45, 2.75) is 20.3 Å². The van der Waals surface area contributed by atoms with Crippen LogP contribution in [0.1, 0.15) is 19.4 Å². The Kier molecular flexibility index (Phi) is 6.53. The van der Waals surface area contributed by atoms with E-state index in [0.717, 1.165) is 44.0 Å². The van der Waals surface area contributed by atoms with Crippen LogP contribution < -0.4 is 15.0 Å². The Labute approximate surface area is 166 Å². The van der Waals surface area contributed by atoms with Crippen molar-refractivity contribution in [1.29, 1.82) is 0 Å². The SMILES string of the molecule is CCc1ccc(NC(=O)COc2ccc(N3CCN(C(C)=O)CC3)cc2)cc1. The average Bonchev–Trinajstić information content (AvgIpc) is 2.73. The highest BCUT2D eigenvalue weighted by Gasteiger charge is 2.18. The Morgan fingerprint density at radius 2 is 1.61 bits per heavy atom. The lowest BCUT2D eigenvalue weighted by molar-refractivity contribution is -0.129. The van der Waals surface area contributed by atoms with E-state index in [-0.39, 0.29) is 18.4 Å². The third kappa shape index (κ3) is 5.25. The first-order valence-electron chi connectivity index (χ1n) is 9.67. The topological polar surface area (TPSA) is 61.9 Å². The molecule has 6 heteroatoms. The molecule has 2 amide bonds. The first-order chi connectivity index (χ1) is 13.5. The zero-order valence-electron chi connectivity index (χ0n) is 16.5. The monoisotopic (exact) mass is 381 g/mol. The van der Waals surface area contributed by atoms with Crippen molar-refractivity contribution in [3.8, 4) is 5.75 Å². The maximum Gasteiger partial charge on any atom is 0.262 e. The van der Waals surface area contributed by atoms with Gasteiger partial charge in [0.15, 0.2) is 6.61 Å². The quantitative estimate of drug-likeness (QED) is 0.836. The maximum absolute atomic E-state index is 12.1. The number of rotatable bonds is 6. The van der Waals surface area contributed by atoms with Gasteiger partial charge in [0, 0.05) is 44.5 Å². The van der Waals surface area contributed by atoms with E-state index in [1.165, 1.54) is 5.56 Å². The second-order valence-electron chi connectivity index (χ2n) is 6.87. The lowest BCUT2D eigenvalue weighted by Gasteiger charge is -2.35. The molecule has 1 heterocycles. The van der Waals surface area contributed by atoms with Crippen LogP contribution in [0.3, 0.4) is 0 Å². The van der Waals surface area contributed by atoms with Gasteiger partial charge in [-0.25, -0.2) is 0 Å². The van der Waals surface area contributed by atoms with E-state index < -0.39 is 0 Å². The summed E-state index contributed by atoms with van der Waals surface area (Å²) >= 11 is 0. The van der Waals surface area contributed by atoms with Crippen LogP contribution >= 0.6 is 0 Å². The van der Waals surface area contributed by atoms with E-state index in [4.69, 9.17) is 4.74 Å².